The first kappa shape index (κ1) is 15.6. The van der Waals surface area contributed by atoms with Crippen molar-refractivity contribution in [3.63, 3.8) is 0 Å². The quantitative estimate of drug-likeness (QED) is 0.797. The number of anilines is 2. The molecule has 1 atom stereocenters. The molecule has 2 aliphatic rings. The third-order valence-corrected chi connectivity index (χ3v) is 4.81. The molecular weight excluding hydrogens is 339 g/mol. The Balaban J connectivity index is 1.79. The number of alkyl halides is 3. The molecule has 7 heteroatoms. The van der Waals surface area contributed by atoms with Crippen molar-refractivity contribution in [3.8, 4) is 11.3 Å². The van der Waals surface area contributed by atoms with Gasteiger partial charge in [0.2, 0.25) is 0 Å². The van der Waals surface area contributed by atoms with Gasteiger partial charge < -0.3 is 10.2 Å². The van der Waals surface area contributed by atoms with Gasteiger partial charge in [0, 0.05) is 24.7 Å². The zero-order valence-corrected chi connectivity index (χ0v) is 13.5. The highest BCUT2D eigenvalue weighted by atomic mass is 35.5. The summed E-state index contributed by atoms with van der Waals surface area (Å²) in [4.78, 5) is 6.77. The molecule has 1 aromatic heterocycles. The molecule has 1 N–H and O–H groups in total. The maximum Gasteiger partial charge on any atom is 0.416 e. The number of rotatable bonds is 1. The van der Waals surface area contributed by atoms with Crippen LogP contribution in [0.25, 0.3) is 11.3 Å². The summed E-state index contributed by atoms with van der Waals surface area (Å²) in [5.74, 6) is 0.697. The Hall–Kier alpha value is -1.95. The summed E-state index contributed by atoms with van der Waals surface area (Å²) in [6.07, 6.45) is -2.22. The number of fused-ring (bicyclic) bond motifs is 4. The van der Waals surface area contributed by atoms with Crippen LogP contribution in [0.4, 0.5) is 24.7 Å². The van der Waals surface area contributed by atoms with Crippen LogP contribution in [0.3, 0.4) is 0 Å². The standard InChI is InChI=1S/C17H15ClF3N3/c18-13-8-14-16(22-12-5-2-6-24(14)9-12)23-15(13)10-3-1-4-11(7-10)17(19,20)21/h1,3-4,7-8,12H,2,5-6,9H2,(H,22,23)/t12-/m0/s1. The number of piperidine rings is 1. The van der Waals surface area contributed by atoms with E-state index in [0.717, 1.165) is 43.8 Å². The number of halogens is 4. The van der Waals surface area contributed by atoms with Crippen molar-refractivity contribution in [1.29, 1.82) is 0 Å². The normalized spacial score (nSPS) is 19.7. The van der Waals surface area contributed by atoms with Crippen molar-refractivity contribution >= 4 is 23.1 Å². The molecule has 126 valence electrons. The molecule has 0 saturated carbocycles. The Morgan fingerprint density at radius 1 is 1.25 bits per heavy atom. The van der Waals surface area contributed by atoms with Crippen LogP contribution in [0.1, 0.15) is 18.4 Å². The van der Waals surface area contributed by atoms with E-state index in [2.05, 4.69) is 15.2 Å². The fourth-order valence-electron chi connectivity index (χ4n) is 3.38. The number of hydrogen-bond donors (Lipinski definition) is 1. The largest absolute Gasteiger partial charge is 0.416 e. The molecular formula is C17H15ClF3N3. The highest BCUT2D eigenvalue weighted by Crippen LogP contribution is 2.40. The molecule has 1 fully saturated rings. The Morgan fingerprint density at radius 2 is 2.08 bits per heavy atom. The summed E-state index contributed by atoms with van der Waals surface area (Å²) in [5, 5.41) is 3.74. The Kier molecular flexibility index (Phi) is 3.60. The number of aromatic nitrogens is 1. The number of hydrogen-bond acceptors (Lipinski definition) is 3. The van der Waals surface area contributed by atoms with Gasteiger partial charge in [-0.3, -0.25) is 0 Å². The van der Waals surface area contributed by atoms with Crippen LogP contribution in [0.5, 0.6) is 0 Å². The lowest BCUT2D eigenvalue weighted by Gasteiger charge is -2.40. The van der Waals surface area contributed by atoms with Gasteiger partial charge in [0.1, 0.15) is 0 Å². The second-order valence-corrected chi connectivity index (χ2v) is 6.60. The first-order valence-electron chi connectivity index (χ1n) is 7.81. The molecule has 1 saturated heterocycles. The lowest BCUT2D eigenvalue weighted by atomic mass is 10.0. The molecule has 3 heterocycles. The van der Waals surface area contributed by atoms with Crippen molar-refractivity contribution in [1.82, 2.24) is 4.98 Å². The van der Waals surface area contributed by atoms with Gasteiger partial charge in [-0.15, -0.1) is 0 Å². The Morgan fingerprint density at radius 3 is 2.88 bits per heavy atom. The molecule has 2 aromatic rings. The van der Waals surface area contributed by atoms with Gasteiger partial charge in [0.05, 0.1) is 22.0 Å². The van der Waals surface area contributed by atoms with Crippen molar-refractivity contribution in [3.05, 3.63) is 40.9 Å². The molecule has 0 aliphatic carbocycles. The van der Waals surface area contributed by atoms with Gasteiger partial charge in [0.25, 0.3) is 0 Å². The van der Waals surface area contributed by atoms with E-state index in [1.54, 1.807) is 12.1 Å². The lowest BCUT2D eigenvalue weighted by molar-refractivity contribution is -0.137. The molecule has 2 bridgehead atoms. The van der Waals surface area contributed by atoms with E-state index in [-0.39, 0.29) is 0 Å². The molecule has 0 amide bonds. The van der Waals surface area contributed by atoms with E-state index in [4.69, 9.17) is 11.6 Å². The molecule has 0 spiro atoms. The van der Waals surface area contributed by atoms with Crippen LogP contribution < -0.4 is 10.2 Å². The number of pyridine rings is 1. The van der Waals surface area contributed by atoms with E-state index in [9.17, 15) is 13.2 Å². The first-order valence-corrected chi connectivity index (χ1v) is 8.19. The minimum absolute atomic E-state index is 0.328. The van der Waals surface area contributed by atoms with Gasteiger partial charge in [-0.05, 0) is 31.0 Å². The molecule has 24 heavy (non-hydrogen) atoms. The molecule has 4 rings (SSSR count). The Bertz CT molecular complexity index is 791. The van der Waals surface area contributed by atoms with Gasteiger partial charge in [0.15, 0.2) is 5.82 Å². The molecule has 0 unspecified atom stereocenters. The average molecular weight is 354 g/mol. The van der Waals surface area contributed by atoms with E-state index in [1.807, 2.05) is 0 Å². The topological polar surface area (TPSA) is 28.2 Å². The summed E-state index contributed by atoms with van der Waals surface area (Å²) < 4.78 is 38.8. The number of benzene rings is 1. The van der Waals surface area contributed by atoms with E-state index < -0.39 is 11.7 Å². The summed E-state index contributed by atoms with van der Waals surface area (Å²) in [6, 6.07) is 7.23. The van der Waals surface area contributed by atoms with Gasteiger partial charge in [-0.25, -0.2) is 4.98 Å². The maximum absolute atomic E-state index is 12.9. The van der Waals surface area contributed by atoms with Crippen LogP contribution in [-0.2, 0) is 6.18 Å². The van der Waals surface area contributed by atoms with Gasteiger partial charge in [-0.1, -0.05) is 23.7 Å². The highest BCUT2D eigenvalue weighted by molar-refractivity contribution is 6.33. The van der Waals surface area contributed by atoms with E-state index in [0.29, 0.717) is 28.1 Å². The summed E-state index contributed by atoms with van der Waals surface area (Å²) >= 11 is 6.34. The van der Waals surface area contributed by atoms with Gasteiger partial charge in [-0.2, -0.15) is 13.2 Å². The molecule has 3 nitrogen and oxygen atoms in total. The molecule has 1 aromatic carbocycles. The fourth-order valence-corrected chi connectivity index (χ4v) is 3.63. The van der Waals surface area contributed by atoms with Crippen molar-refractivity contribution in [2.24, 2.45) is 0 Å². The SMILES string of the molecule is FC(F)(F)c1cccc(-c2nc3c(cc2Cl)N2CCC[C@@H](C2)N3)c1. The highest BCUT2D eigenvalue weighted by Gasteiger charge is 2.32. The predicted molar refractivity (Wildman–Crippen MR) is 88.5 cm³/mol. The zero-order valence-electron chi connectivity index (χ0n) is 12.7. The molecule has 2 aliphatic heterocycles. The number of nitrogens with one attached hydrogen (secondary N) is 1. The lowest BCUT2D eigenvalue weighted by Crippen LogP contribution is -2.46. The molecule has 0 radical (unpaired) electrons. The summed E-state index contributed by atoms with van der Waals surface area (Å²) in [6.45, 7) is 1.86. The van der Waals surface area contributed by atoms with Crippen LogP contribution in [0, 0.1) is 0 Å². The monoisotopic (exact) mass is 353 g/mol. The minimum Gasteiger partial charge on any atom is -0.366 e. The second-order valence-electron chi connectivity index (χ2n) is 6.19. The van der Waals surface area contributed by atoms with Crippen molar-refractivity contribution in [2.75, 3.05) is 23.3 Å². The fraction of sp³-hybridized carbons (Fsp3) is 0.353. The van der Waals surface area contributed by atoms with Crippen LogP contribution in [-0.4, -0.2) is 24.1 Å². The predicted octanol–water partition coefficient (Wildman–Crippen LogP) is 4.82. The third-order valence-electron chi connectivity index (χ3n) is 4.52. The van der Waals surface area contributed by atoms with E-state index >= 15 is 0 Å². The third kappa shape index (κ3) is 2.69. The second kappa shape index (κ2) is 5.55. The average Bonchev–Trinajstić information content (AvgIpc) is 2.55. The van der Waals surface area contributed by atoms with Crippen LogP contribution in [0.2, 0.25) is 5.02 Å². The first-order chi connectivity index (χ1) is 11.4. The maximum atomic E-state index is 12.9. The van der Waals surface area contributed by atoms with E-state index in [1.165, 1.54) is 6.07 Å². The van der Waals surface area contributed by atoms with Crippen LogP contribution >= 0.6 is 11.6 Å². The van der Waals surface area contributed by atoms with Crippen molar-refractivity contribution in [2.45, 2.75) is 25.1 Å². The minimum atomic E-state index is -4.39. The zero-order chi connectivity index (χ0) is 16.9. The summed E-state index contributed by atoms with van der Waals surface area (Å²) in [5.41, 5.74) is 0.955. The van der Waals surface area contributed by atoms with Crippen LogP contribution in [0.15, 0.2) is 30.3 Å². The van der Waals surface area contributed by atoms with Crippen molar-refractivity contribution < 1.29 is 13.2 Å². The van der Waals surface area contributed by atoms with Gasteiger partial charge >= 0.3 is 6.18 Å². The Labute approximate surface area is 142 Å². The summed E-state index contributed by atoms with van der Waals surface area (Å²) in [7, 11) is 0. The smallest absolute Gasteiger partial charge is 0.366 e. The number of nitrogens with zero attached hydrogens (tertiary/aromatic N) is 2.